The van der Waals surface area contributed by atoms with Crippen LogP contribution in [0.2, 0.25) is 0 Å². The maximum atomic E-state index is 11.3. The molecule has 2 atom stereocenters. The Hall–Kier alpha value is -3.30. The van der Waals surface area contributed by atoms with Gasteiger partial charge in [0.25, 0.3) is 0 Å². The maximum Gasteiger partial charge on any atom is 0.306 e. The van der Waals surface area contributed by atoms with Crippen molar-refractivity contribution in [3.05, 3.63) is 35.4 Å². The number of aromatic nitrogens is 7. The monoisotopic (exact) mass is 437 g/mol. The molecule has 0 spiro atoms. The number of carbonyl (C=O) groups is 1. The summed E-state index contributed by atoms with van der Waals surface area (Å²) in [6.45, 7) is 2.35. The number of aryl methyl sites for hydroxylation is 2. The molecule has 10 heteroatoms. The lowest BCUT2D eigenvalue weighted by Gasteiger charge is -2.27. The fraction of sp³-hybridized carbons (Fsp3) is 0.545. The van der Waals surface area contributed by atoms with E-state index in [2.05, 4.69) is 20.5 Å². The third-order valence-electron chi connectivity index (χ3n) is 6.33. The lowest BCUT2D eigenvalue weighted by molar-refractivity contribution is -0.143. The number of ether oxygens (including phenoxy) is 1. The summed E-state index contributed by atoms with van der Waals surface area (Å²) in [5, 5.41) is 26.8. The van der Waals surface area contributed by atoms with Crippen LogP contribution in [0.25, 0.3) is 11.4 Å². The first kappa shape index (κ1) is 20.6. The van der Waals surface area contributed by atoms with Crippen LogP contribution < -0.4 is 4.74 Å². The number of rotatable bonds is 7. The van der Waals surface area contributed by atoms with E-state index < -0.39 is 5.97 Å². The van der Waals surface area contributed by atoms with Crippen molar-refractivity contribution < 1.29 is 14.6 Å². The third kappa shape index (κ3) is 4.21. The van der Waals surface area contributed by atoms with Crippen LogP contribution in [0.3, 0.4) is 0 Å². The molecule has 2 fully saturated rings. The number of nitrogens with zero attached hydrogens (tertiary/aromatic N) is 7. The molecule has 3 aromatic rings. The quantitative estimate of drug-likeness (QED) is 0.599. The Morgan fingerprint density at radius 2 is 2.09 bits per heavy atom. The Balaban J connectivity index is 1.33. The standard InChI is InChI=1S/C22H27N7O3/c1-13-20(32-16-5-3-4-15(10-16)22(30)31)9-8-17(24-13)21-19(28(2)27-25-21)12-29-23-11-18(26-29)14-6-7-14/h8-9,11,14-16H,3-7,10,12H2,1-2H3,(H,30,31)/t15-,16-/m0/s1. The van der Waals surface area contributed by atoms with Crippen molar-refractivity contribution in [3.8, 4) is 17.1 Å². The highest BCUT2D eigenvalue weighted by Crippen LogP contribution is 2.38. The molecule has 2 saturated carbocycles. The van der Waals surface area contributed by atoms with E-state index in [-0.39, 0.29) is 12.0 Å². The fourth-order valence-electron chi connectivity index (χ4n) is 4.30. The van der Waals surface area contributed by atoms with E-state index in [1.807, 2.05) is 32.3 Å². The highest BCUT2D eigenvalue weighted by molar-refractivity contribution is 5.70. The molecule has 168 valence electrons. The van der Waals surface area contributed by atoms with Gasteiger partial charge in [-0.2, -0.15) is 15.0 Å². The van der Waals surface area contributed by atoms with Crippen molar-refractivity contribution in [2.75, 3.05) is 0 Å². The fourth-order valence-corrected chi connectivity index (χ4v) is 4.30. The zero-order valence-corrected chi connectivity index (χ0v) is 18.3. The smallest absolute Gasteiger partial charge is 0.306 e. The van der Waals surface area contributed by atoms with Gasteiger partial charge in [-0.3, -0.25) is 4.79 Å². The first-order valence-electron chi connectivity index (χ1n) is 11.1. The average molecular weight is 438 g/mol. The molecule has 0 aliphatic heterocycles. The van der Waals surface area contributed by atoms with Crippen molar-refractivity contribution in [1.29, 1.82) is 0 Å². The number of carboxylic acid groups (broad SMARTS) is 1. The van der Waals surface area contributed by atoms with Gasteiger partial charge in [-0.15, -0.1) is 5.10 Å². The molecule has 0 unspecified atom stereocenters. The molecule has 0 bridgehead atoms. The van der Waals surface area contributed by atoms with E-state index in [0.29, 0.717) is 42.4 Å². The van der Waals surface area contributed by atoms with Gasteiger partial charge in [-0.05, 0) is 57.6 Å². The predicted octanol–water partition coefficient (Wildman–Crippen LogP) is 2.72. The molecule has 0 radical (unpaired) electrons. The van der Waals surface area contributed by atoms with Gasteiger partial charge in [0.05, 0.1) is 41.0 Å². The van der Waals surface area contributed by atoms with Crippen LogP contribution in [0.5, 0.6) is 5.75 Å². The Morgan fingerprint density at radius 1 is 1.25 bits per heavy atom. The molecule has 10 nitrogen and oxygen atoms in total. The average Bonchev–Trinajstić information content (AvgIpc) is 3.42. The molecule has 2 aliphatic rings. The summed E-state index contributed by atoms with van der Waals surface area (Å²) >= 11 is 0. The van der Waals surface area contributed by atoms with Gasteiger partial charge in [0, 0.05) is 13.0 Å². The van der Waals surface area contributed by atoms with Gasteiger partial charge < -0.3 is 9.84 Å². The molecule has 0 amide bonds. The number of hydrogen-bond acceptors (Lipinski definition) is 7. The largest absolute Gasteiger partial charge is 0.489 e. The van der Waals surface area contributed by atoms with Crippen LogP contribution in [-0.2, 0) is 18.4 Å². The van der Waals surface area contributed by atoms with Crippen LogP contribution in [0.4, 0.5) is 0 Å². The Kier molecular flexibility index (Phi) is 5.36. The predicted molar refractivity (Wildman–Crippen MR) is 114 cm³/mol. The van der Waals surface area contributed by atoms with E-state index in [4.69, 9.17) is 9.72 Å². The summed E-state index contributed by atoms with van der Waals surface area (Å²) in [5.41, 5.74) is 4.06. The summed E-state index contributed by atoms with van der Waals surface area (Å²) < 4.78 is 7.86. The topological polar surface area (TPSA) is 121 Å². The lowest BCUT2D eigenvalue weighted by Crippen LogP contribution is -2.29. The highest BCUT2D eigenvalue weighted by atomic mass is 16.5. The molecule has 2 aliphatic carbocycles. The van der Waals surface area contributed by atoms with Crippen molar-refractivity contribution >= 4 is 5.97 Å². The van der Waals surface area contributed by atoms with E-state index in [1.165, 1.54) is 12.8 Å². The third-order valence-corrected chi connectivity index (χ3v) is 6.33. The number of hydrogen-bond donors (Lipinski definition) is 1. The van der Waals surface area contributed by atoms with Crippen molar-refractivity contribution in [2.45, 2.75) is 64.0 Å². The zero-order chi connectivity index (χ0) is 22.2. The molecular formula is C22H27N7O3. The SMILES string of the molecule is Cc1nc(-c2nnn(C)c2Cn2ncc(C3CC3)n2)ccc1O[C@H]1CCC[C@H](C(=O)O)C1. The van der Waals surface area contributed by atoms with Crippen molar-refractivity contribution in [3.63, 3.8) is 0 Å². The van der Waals surface area contributed by atoms with Gasteiger partial charge in [-0.25, -0.2) is 9.67 Å². The Morgan fingerprint density at radius 3 is 2.84 bits per heavy atom. The molecule has 0 saturated heterocycles. The van der Waals surface area contributed by atoms with Crippen LogP contribution >= 0.6 is 0 Å². The molecule has 0 aromatic carbocycles. The normalized spacial score (nSPS) is 20.9. The minimum Gasteiger partial charge on any atom is -0.489 e. The molecule has 1 N–H and O–H groups in total. The second kappa shape index (κ2) is 8.33. The molecule has 32 heavy (non-hydrogen) atoms. The first-order chi connectivity index (χ1) is 15.5. The Bertz CT molecular complexity index is 1130. The van der Waals surface area contributed by atoms with Gasteiger partial charge in [0.2, 0.25) is 0 Å². The molecule has 3 aromatic heterocycles. The van der Waals surface area contributed by atoms with E-state index >= 15 is 0 Å². The molecule has 3 heterocycles. The van der Waals surface area contributed by atoms with E-state index in [9.17, 15) is 9.90 Å². The summed E-state index contributed by atoms with van der Waals surface area (Å²) in [7, 11) is 1.85. The molecular weight excluding hydrogens is 410 g/mol. The van der Waals surface area contributed by atoms with Crippen molar-refractivity contribution in [2.24, 2.45) is 13.0 Å². The van der Waals surface area contributed by atoms with Gasteiger partial charge in [0.15, 0.2) is 0 Å². The highest BCUT2D eigenvalue weighted by Gasteiger charge is 2.29. The second-order valence-corrected chi connectivity index (χ2v) is 8.80. The van der Waals surface area contributed by atoms with E-state index in [1.54, 1.807) is 9.48 Å². The van der Waals surface area contributed by atoms with Crippen LogP contribution in [0.1, 0.15) is 61.5 Å². The summed E-state index contributed by atoms with van der Waals surface area (Å²) in [5.74, 6) is 0.159. The zero-order valence-electron chi connectivity index (χ0n) is 18.3. The van der Waals surface area contributed by atoms with Gasteiger partial charge in [0.1, 0.15) is 18.0 Å². The first-order valence-corrected chi connectivity index (χ1v) is 11.1. The number of carboxylic acids is 1. The Labute approximate surface area is 185 Å². The molecule has 5 rings (SSSR count). The van der Waals surface area contributed by atoms with Crippen molar-refractivity contribution in [1.82, 2.24) is 35.0 Å². The van der Waals surface area contributed by atoms with Gasteiger partial charge in [-0.1, -0.05) is 5.21 Å². The van der Waals surface area contributed by atoms with Gasteiger partial charge >= 0.3 is 5.97 Å². The number of pyridine rings is 1. The number of aliphatic carboxylic acids is 1. The minimum absolute atomic E-state index is 0.102. The van der Waals surface area contributed by atoms with Crippen LogP contribution in [-0.4, -0.2) is 52.2 Å². The summed E-state index contributed by atoms with van der Waals surface area (Å²) in [4.78, 5) is 17.7. The maximum absolute atomic E-state index is 11.3. The summed E-state index contributed by atoms with van der Waals surface area (Å²) in [6.07, 6.45) is 7.08. The van der Waals surface area contributed by atoms with E-state index in [0.717, 1.165) is 29.9 Å². The lowest BCUT2D eigenvalue weighted by atomic mass is 9.87. The van der Waals surface area contributed by atoms with Crippen LogP contribution in [0.15, 0.2) is 18.3 Å². The summed E-state index contributed by atoms with van der Waals surface area (Å²) in [6, 6.07) is 3.76. The minimum atomic E-state index is -0.741. The van der Waals surface area contributed by atoms with Crippen LogP contribution in [0, 0.1) is 12.8 Å². The second-order valence-electron chi connectivity index (χ2n) is 8.80.